The minimum absolute atomic E-state index is 0.588. The van der Waals surface area contributed by atoms with E-state index < -0.39 is 0 Å². The molecule has 0 saturated heterocycles. The van der Waals surface area contributed by atoms with E-state index in [9.17, 15) is 0 Å². The van der Waals surface area contributed by atoms with E-state index in [0.29, 0.717) is 11.7 Å². The Balaban J connectivity index is 1.84. The molecule has 2 atom stereocenters. The fourth-order valence-corrected chi connectivity index (χ4v) is 2.69. The van der Waals surface area contributed by atoms with Gasteiger partial charge in [0.15, 0.2) is 11.6 Å². The molecule has 3 rings (SSSR count). The van der Waals surface area contributed by atoms with E-state index >= 15 is 0 Å². The van der Waals surface area contributed by atoms with Crippen LogP contribution in [0.3, 0.4) is 0 Å². The molecular formula is C15H18IN3O. The predicted octanol–water partition coefficient (Wildman–Crippen LogP) is 4.29. The molecule has 1 fully saturated rings. The zero-order chi connectivity index (χ0) is 14.1. The summed E-state index contributed by atoms with van der Waals surface area (Å²) in [7, 11) is 0. The van der Waals surface area contributed by atoms with Gasteiger partial charge >= 0.3 is 0 Å². The third-order valence-corrected chi connectivity index (χ3v) is 4.40. The van der Waals surface area contributed by atoms with Gasteiger partial charge in [-0.25, -0.2) is 9.97 Å². The Morgan fingerprint density at radius 3 is 2.95 bits per heavy atom. The van der Waals surface area contributed by atoms with Crippen molar-refractivity contribution >= 4 is 28.4 Å². The van der Waals surface area contributed by atoms with Crippen LogP contribution in [-0.2, 0) is 0 Å². The highest BCUT2D eigenvalue weighted by atomic mass is 127. The number of anilines is 1. The van der Waals surface area contributed by atoms with Gasteiger partial charge < -0.3 is 9.73 Å². The van der Waals surface area contributed by atoms with Crippen LogP contribution in [0.15, 0.2) is 22.7 Å². The van der Waals surface area contributed by atoms with Gasteiger partial charge in [0.2, 0.25) is 0 Å². The largest absolute Gasteiger partial charge is 0.457 e. The van der Waals surface area contributed by atoms with Crippen molar-refractivity contribution in [3.05, 3.63) is 27.7 Å². The summed E-state index contributed by atoms with van der Waals surface area (Å²) in [6, 6.07) is 4.04. The van der Waals surface area contributed by atoms with Crippen LogP contribution < -0.4 is 5.32 Å². The van der Waals surface area contributed by atoms with Crippen LogP contribution in [0, 0.1) is 9.49 Å². The van der Waals surface area contributed by atoms with Crippen LogP contribution in [0.4, 0.5) is 5.82 Å². The number of halogens is 1. The van der Waals surface area contributed by atoms with Crippen molar-refractivity contribution in [3.8, 4) is 11.6 Å². The van der Waals surface area contributed by atoms with Crippen molar-refractivity contribution in [2.45, 2.75) is 32.6 Å². The van der Waals surface area contributed by atoms with Crippen molar-refractivity contribution in [2.75, 3.05) is 11.9 Å². The second-order valence-corrected chi connectivity index (χ2v) is 6.50. The van der Waals surface area contributed by atoms with E-state index in [0.717, 1.165) is 39.8 Å². The summed E-state index contributed by atoms with van der Waals surface area (Å²) < 4.78 is 6.94. The van der Waals surface area contributed by atoms with E-state index in [-0.39, 0.29) is 0 Å². The number of rotatable bonds is 5. The standard InChI is InChI=1S/C15H18IN3O/c1-3-6-17-14-11(16)8-18-15(19-14)13-5-4-12(20-13)10-7-9(10)2/h4-5,8-10H,3,6-7H2,1-2H3,(H,17,18,19). The molecule has 106 valence electrons. The number of nitrogens with one attached hydrogen (secondary N) is 1. The quantitative estimate of drug-likeness (QED) is 0.783. The van der Waals surface area contributed by atoms with Gasteiger partial charge in [0.05, 0.1) is 3.57 Å². The first kappa shape index (κ1) is 13.9. The molecule has 2 aromatic heterocycles. The maximum atomic E-state index is 5.91. The molecule has 2 aromatic rings. The molecule has 2 unspecified atom stereocenters. The lowest BCUT2D eigenvalue weighted by Gasteiger charge is -2.06. The number of aromatic nitrogens is 2. The summed E-state index contributed by atoms with van der Waals surface area (Å²) in [6.45, 7) is 5.30. The Bertz CT molecular complexity index is 611. The molecule has 1 aliphatic rings. The smallest absolute Gasteiger partial charge is 0.197 e. The van der Waals surface area contributed by atoms with Crippen LogP contribution in [0.2, 0.25) is 0 Å². The molecule has 0 amide bonds. The van der Waals surface area contributed by atoms with Crippen molar-refractivity contribution < 1.29 is 4.42 Å². The molecule has 1 saturated carbocycles. The first-order valence-electron chi connectivity index (χ1n) is 7.05. The molecule has 0 radical (unpaired) electrons. The number of hydrogen-bond donors (Lipinski definition) is 1. The molecule has 0 aliphatic heterocycles. The molecule has 20 heavy (non-hydrogen) atoms. The topological polar surface area (TPSA) is 51.0 Å². The van der Waals surface area contributed by atoms with E-state index in [2.05, 4.69) is 57.8 Å². The van der Waals surface area contributed by atoms with E-state index in [4.69, 9.17) is 4.42 Å². The van der Waals surface area contributed by atoms with Gasteiger partial charge in [-0.15, -0.1) is 0 Å². The van der Waals surface area contributed by atoms with Crippen LogP contribution in [0.25, 0.3) is 11.6 Å². The van der Waals surface area contributed by atoms with Gasteiger partial charge in [-0.05, 0) is 53.5 Å². The van der Waals surface area contributed by atoms with Crippen LogP contribution >= 0.6 is 22.6 Å². The Morgan fingerprint density at radius 1 is 1.45 bits per heavy atom. The molecule has 1 N–H and O–H groups in total. The van der Waals surface area contributed by atoms with Gasteiger partial charge in [0, 0.05) is 18.7 Å². The van der Waals surface area contributed by atoms with Gasteiger partial charge in [-0.3, -0.25) is 0 Å². The Morgan fingerprint density at radius 2 is 2.25 bits per heavy atom. The first-order valence-corrected chi connectivity index (χ1v) is 8.13. The second kappa shape index (κ2) is 5.71. The lowest BCUT2D eigenvalue weighted by atomic mass is 10.3. The molecule has 4 nitrogen and oxygen atoms in total. The van der Waals surface area contributed by atoms with Crippen LogP contribution in [0.1, 0.15) is 38.4 Å². The highest BCUT2D eigenvalue weighted by molar-refractivity contribution is 14.1. The summed E-state index contributed by atoms with van der Waals surface area (Å²) in [5.74, 6) is 4.70. The zero-order valence-corrected chi connectivity index (χ0v) is 13.8. The molecule has 0 aromatic carbocycles. The number of hydrogen-bond acceptors (Lipinski definition) is 4. The summed E-state index contributed by atoms with van der Waals surface area (Å²) in [5.41, 5.74) is 0. The Hall–Kier alpha value is -1.11. The van der Waals surface area contributed by atoms with E-state index in [1.54, 1.807) is 0 Å². The summed E-state index contributed by atoms with van der Waals surface area (Å²) >= 11 is 2.25. The van der Waals surface area contributed by atoms with Crippen molar-refractivity contribution in [1.82, 2.24) is 9.97 Å². The average molecular weight is 383 g/mol. The van der Waals surface area contributed by atoms with Crippen molar-refractivity contribution in [2.24, 2.45) is 5.92 Å². The molecule has 0 spiro atoms. The highest BCUT2D eigenvalue weighted by Gasteiger charge is 2.36. The van der Waals surface area contributed by atoms with Gasteiger partial charge in [-0.2, -0.15) is 0 Å². The third kappa shape index (κ3) is 2.82. The summed E-state index contributed by atoms with van der Waals surface area (Å²) in [4.78, 5) is 8.95. The second-order valence-electron chi connectivity index (χ2n) is 5.34. The van der Waals surface area contributed by atoms with Crippen LogP contribution in [-0.4, -0.2) is 16.5 Å². The Kier molecular flexibility index (Phi) is 3.96. The molecule has 2 heterocycles. The lowest BCUT2D eigenvalue weighted by Crippen LogP contribution is -2.05. The maximum Gasteiger partial charge on any atom is 0.197 e. The van der Waals surface area contributed by atoms with Gasteiger partial charge in [0.25, 0.3) is 0 Å². The molecular weight excluding hydrogens is 365 g/mol. The highest BCUT2D eigenvalue weighted by Crippen LogP contribution is 2.47. The van der Waals surface area contributed by atoms with E-state index in [1.165, 1.54) is 6.42 Å². The third-order valence-electron chi connectivity index (χ3n) is 3.61. The minimum atomic E-state index is 0.588. The fraction of sp³-hybridized carbons (Fsp3) is 0.467. The first-order chi connectivity index (χ1) is 9.69. The van der Waals surface area contributed by atoms with Crippen molar-refractivity contribution in [3.63, 3.8) is 0 Å². The average Bonchev–Trinajstić information content (AvgIpc) is 2.99. The minimum Gasteiger partial charge on any atom is -0.457 e. The van der Waals surface area contributed by atoms with Crippen molar-refractivity contribution in [1.29, 1.82) is 0 Å². The molecule has 1 aliphatic carbocycles. The van der Waals surface area contributed by atoms with Crippen LogP contribution in [0.5, 0.6) is 0 Å². The SMILES string of the molecule is CCCNc1nc(-c2ccc(C3CC3C)o2)ncc1I. The molecule has 0 bridgehead atoms. The number of furan rings is 1. The maximum absolute atomic E-state index is 5.91. The molecule has 5 heteroatoms. The Labute approximate surface area is 132 Å². The van der Waals surface area contributed by atoms with E-state index in [1.807, 2.05) is 12.3 Å². The zero-order valence-electron chi connectivity index (χ0n) is 11.7. The van der Waals surface area contributed by atoms with Gasteiger partial charge in [-0.1, -0.05) is 13.8 Å². The number of nitrogens with zero attached hydrogens (tertiary/aromatic N) is 2. The van der Waals surface area contributed by atoms with Gasteiger partial charge in [0.1, 0.15) is 11.6 Å². The fourth-order valence-electron chi connectivity index (χ4n) is 2.24. The normalized spacial score (nSPS) is 20.9. The lowest BCUT2D eigenvalue weighted by molar-refractivity contribution is 0.515. The predicted molar refractivity (Wildman–Crippen MR) is 87.8 cm³/mol. The summed E-state index contributed by atoms with van der Waals surface area (Å²) in [6.07, 6.45) is 4.13. The summed E-state index contributed by atoms with van der Waals surface area (Å²) in [5, 5.41) is 3.32. The monoisotopic (exact) mass is 383 g/mol.